The van der Waals surface area contributed by atoms with Gasteiger partial charge in [-0.2, -0.15) is 0 Å². The van der Waals surface area contributed by atoms with Crippen LogP contribution < -0.4 is 20.1 Å². The van der Waals surface area contributed by atoms with Gasteiger partial charge in [-0.1, -0.05) is 18.2 Å². The number of benzene rings is 2. The lowest BCUT2D eigenvalue weighted by Gasteiger charge is -2.14. The van der Waals surface area contributed by atoms with Gasteiger partial charge in [0.05, 0.1) is 24.4 Å². The lowest BCUT2D eigenvalue weighted by molar-refractivity contribution is 0.311. The number of rotatable bonds is 8. The molecule has 0 aromatic heterocycles. The molecule has 154 valence electrons. The average molecular weight is 519 g/mol. The zero-order valence-corrected chi connectivity index (χ0v) is 19.3. The number of anilines is 1. The first-order chi connectivity index (χ1) is 13.0. The summed E-state index contributed by atoms with van der Waals surface area (Å²) in [4.78, 5) is 4.43. The van der Waals surface area contributed by atoms with Crippen molar-refractivity contribution < 1.29 is 17.9 Å². The van der Waals surface area contributed by atoms with E-state index in [1.807, 2.05) is 13.0 Å². The summed E-state index contributed by atoms with van der Waals surface area (Å²) in [5, 5.41) is 6.12. The monoisotopic (exact) mass is 519 g/mol. The second kappa shape index (κ2) is 11.7. The molecule has 0 amide bonds. The minimum atomic E-state index is -3.34. The third-order valence-corrected chi connectivity index (χ3v) is 5.45. The average Bonchev–Trinajstić information content (AvgIpc) is 2.69. The van der Waals surface area contributed by atoms with E-state index in [0.717, 1.165) is 5.69 Å². The predicted octanol–water partition coefficient (Wildman–Crippen LogP) is 3.17. The van der Waals surface area contributed by atoms with Crippen LogP contribution in [0.2, 0.25) is 0 Å². The molecule has 0 atom stereocenters. The Labute approximate surface area is 183 Å². The summed E-state index contributed by atoms with van der Waals surface area (Å²) in [5.41, 5.74) is 0.745. The van der Waals surface area contributed by atoms with Crippen LogP contribution in [-0.2, 0) is 9.84 Å². The van der Waals surface area contributed by atoms with Gasteiger partial charge in [0, 0.05) is 25.3 Å². The molecule has 2 aromatic rings. The molecule has 0 heterocycles. The van der Waals surface area contributed by atoms with E-state index in [2.05, 4.69) is 15.6 Å². The molecular formula is C19H26IN3O4S. The van der Waals surface area contributed by atoms with Crippen molar-refractivity contribution in [1.82, 2.24) is 5.32 Å². The Bertz CT molecular complexity index is 874. The standard InChI is InChI=1S/C19H25N3O4S.HI/c1-4-26-17-11-10-15(14-18(17)25-3)22-19(20-2)21-12-13-27(23,24)16-8-6-5-7-9-16;/h5-11,14H,4,12-13H2,1-3H3,(H2,20,21,22);1H. The first kappa shape index (κ1) is 24.0. The molecule has 2 rings (SSSR count). The van der Waals surface area contributed by atoms with Crippen LogP contribution in [0.25, 0.3) is 0 Å². The number of sulfone groups is 1. The molecule has 2 N–H and O–H groups in total. The highest BCUT2D eigenvalue weighted by Crippen LogP contribution is 2.30. The molecule has 28 heavy (non-hydrogen) atoms. The Morgan fingerprint density at radius 2 is 1.82 bits per heavy atom. The molecule has 0 fully saturated rings. The van der Waals surface area contributed by atoms with Gasteiger partial charge in [-0.3, -0.25) is 4.99 Å². The minimum absolute atomic E-state index is 0. The van der Waals surface area contributed by atoms with Crippen LogP contribution in [0.1, 0.15) is 6.92 Å². The van der Waals surface area contributed by atoms with Crippen molar-refractivity contribution in [1.29, 1.82) is 0 Å². The third kappa shape index (κ3) is 6.86. The molecule has 0 spiro atoms. The van der Waals surface area contributed by atoms with E-state index in [9.17, 15) is 8.42 Å². The summed E-state index contributed by atoms with van der Waals surface area (Å²) in [5.74, 6) is 1.68. The van der Waals surface area contributed by atoms with Gasteiger partial charge >= 0.3 is 0 Å². The zero-order chi connectivity index (χ0) is 19.7. The van der Waals surface area contributed by atoms with Crippen molar-refractivity contribution in [2.24, 2.45) is 4.99 Å². The van der Waals surface area contributed by atoms with Gasteiger partial charge in [-0.15, -0.1) is 24.0 Å². The quantitative estimate of drug-likeness (QED) is 0.317. The molecule has 0 saturated heterocycles. The van der Waals surface area contributed by atoms with Crippen LogP contribution in [0.4, 0.5) is 5.69 Å². The van der Waals surface area contributed by atoms with Gasteiger partial charge < -0.3 is 20.1 Å². The van der Waals surface area contributed by atoms with E-state index < -0.39 is 9.84 Å². The van der Waals surface area contributed by atoms with E-state index in [1.165, 1.54) is 0 Å². The second-order valence-corrected chi connectivity index (χ2v) is 7.66. The van der Waals surface area contributed by atoms with E-state index in [4.69, 9.17) is 9.47 Å². The molecule has 0 aliphatic carbocycles. The normalized spacial score (nSPS) is 11.3. The Kier molecular flexibility index (Phi) is 10.1. The SMILES string of the molecule is CCOc1ccc(NC(=NC)NCCS(=O)(=O)c2ccccc2)cc1OC.I. The van der Waals surface area contributed by atoms with Crippen LogP contribution in [0, 0.1) is 0 Å². The van der Waals surface area contributed by atoms with E-state index >= 15 is 0 Å². The van der Waals surface area contributed by atoms with Gasteiger partial charge in [0.2, 0.25) is 0 Å². The number of hydrogen-bond acceptors (Lipinski definition) is 5. The number of hydrogen-bond donors (Lipinski definition) is 2. The maximum Gasteiger partial charge on any atom is 0.195 e. The molecule has 0 aliphatic rings. The third-order valence-electron chi connectivity index (χ3n) is 3.72. The van der Waals surface area contributed by atoms with Gasteiger partial charge in [-0.25, -0.2) is 8.42 Å². The molecule has 0 aliphatic heterocycles. The fraction of sp³-hybridized carbons (Fsp3) is 0.316. The van der Waals surface area contributed by atoms with Crippen molar-refractivity contribution in [2.45, 2.75) is 11.8 Å². The molecule has 2 aromatic carbocycles. The highest BCUT2D eigenvalue weighted by molar-refractivity contribution is 14.0. The van der Waals surface area contributed by atoms with E-state index in [0.29, 0.717) is 29.0 Å². The number of nitrogens with zero attached hydrogens (tertiary/aromatic N) is 1. The highest BCUT2D eigenvalue weighted by Gasteiger charge is 2.14. The Morgan fingerprint density at radius 3 is 2.43 bits per heavy atom. The van der Waals surface area contributed by atoms with Crippen LogP contribution in [-0.4, -0.2) is 47.4 Å². The summed E-state index contributed by atoms with van der Waals surface area (Å²) >= 11 is 0. The van der Waals surface area contributed by atoms with E-state index in [1.54, 1.807) is 56.6 Å². The summed E-state index contributed by atoms with van der Waals surface area (Å²) in [6.07, 6.45) is 0. The first-order valence-corrected chi connectivity index (χ1v) is 10.2. The number of nitrogens with one attached hydrogen (secondary N) is 2. The molecule has 0 unspecified atom stereocenters. The Hall–Kier alpha value is -2.01. The zero-order valence-electron chi connectivity index (χ0n) is 16.1. The van der Waals surface area contributed by atoms with Crippen LogP contribution in [0.15, 0.2) is 58.4 Å². The lowest BCUT2D eigenvalue weighted by atomic mass is 10.2. The van der Waals surface area contributed by atoms with Gasteiger partial charge in [0.15, 0.2) is 27.3 Å². The smallest absolute Gasteiger partial charge is 0.195 e. The Balaban J connectivity index is 0.00000392. The van der Waals surface area contributed by atoms with Gasteiger partial charge in [0.1, 0.15) is 0 Å². The van der Waals surface area contributed by atoms with Crippen molar-refractivity contribution in [3.63, 3.8) is 0 Å². The van der Waals surface area contributed by atoms with Crippen molar-refractivity contribution in [3.8, 4) is 11.5 Å². The topological polar surface area (TPSA) is 89.0 Å². The lowest BCUT2D eigenvalue weighted by Crippen LogP contribution is -2.34. The fourth-order valence-corrected chi connectivity index (χ4v) is 3.56. The fourth-order valence-electron chi connectivity index (χ4n) is 2.39. The molecular weight excluding hydrogens is 493 g/mol. The van der Waals surface area contributed by atoms with Crippen LogP contribution in [0.5, 0.6) is 11.5 Å². The maximum atomic E-state index is 12.3. The molecule has 7 nitrogen and oxygen atoms in total. The largest absolute Gasteiger partial charge is 0.493 e. The number of ether oxygens (including phenoxy) is 2. The first-order valence-electron chi connectivity index (χ1n) is 8.56. The Morgan fingerprint density at radius 1 is 1.11 bits per heavy atom. The summed E-state index contributed by atoms with van der Waals surface area (Å²) in [7, 11) is -0.151. The summed E-state index contributed by atoms with van der Waals surface area (Å²) in [6, 6.07) is 13.8. The molecule has 9 heteroatoms. The van der Waals surface area contributed by atoms with Crippen molar-refractivity contribution in [3.05, 3.63) is 48.5 Å². The predicted molar refractivity (Wildman–Crippen MR) is 123 cm³/mol. The van der Waals surface area contributed by atoms with Gasteiger partial charge in [-0.05, 0) is 31.2 Å². The van der Waals surface area contributed by atoms with Crippen LogP contribution in [0.3, 0.4) is 0 Å². The number of guanidine groups is 1. The summed E-state index contributed by atoms with van der Waals surface area (Å²) in [6.45, 7) is 2.67. The summed E-state index contributed by atoms with van der Waals surface area (Å²) < 4.78 is 35.4. The molecule has 0 bridgehead atoms. The minimum Gasteiger partial charge on any atom is -0.493 e. The maximum absolute atomic E-state index is 12.3. The number of aliphatic imine (C=N–C) groups is 1. The van der Waals surface area contributed by atoms with Gasteiger partial charge in [0.25, 0.3) is 0 Å². The van der Waals surface area contributed by atoms with Crippen molar-refractivity contribution in [2.75, 3.05) is 38.4 Å². The highest BCUT2D eigenvalue weighted by atomic mass is 127. The van der Waals surface area contributed by atoms with E-state index in [-0.39, 0.29) is 36.3 Å². The number of halogens is 1. The van der Waals surface area contributed by atoms with Crippen LogP contribution >= 0.6 is 24.0 Å². The molecule has 0 radical (unpaired) electrons. The second-order valence-electron chi connectivity index (χ2n) is 5.55. The number of methoxy groups -OCH3 is 1. The molecule has 0 saturated carbocycles. The van der Waals surface area contributed by atoms with Crippen molar-refractivity contribution >= 4 is 45.5 Å².